The molecule has 8 nitrogen and oxygen atoms in total. The second-order valence-corrected chi connectivity index (χ2v) is 8.77. The average Bonchev–Trinajstić information content (AvgIpc) is 3.18. The molecule has 1 unspecified atom stereocenters. The second-order valence-electron chi connectivity index (χ2n) is 8.77. The van der Waals surface area contributed by atoms with Crippen molar-refractivity contribution in [3.05, 3.63) is 59.7 Å². The highest BCUT2D eigenvalue weighted by Gasteiger charge is 2.33. The molecule has 2 aromatic carbocycles. The van der Waals surface area contributed by atoms with Crippen molar-refractivity contribution < 1.29 is 29.0 Å². The maximum Gasteiger partial charge on any atom is 0.407 e. The lowest BCUT2D eigenvalue weighted by molar-refractivity contribution is -0.146. The van der Waals surface area contributed by atoms with Crippen LogP contribution in [0.25, 0.3) is 11.1 Å². The molecular formula is C26H30N2O6. The standard InChI is InChI=1S/C26H30N2O6/c1-33-14-12-23(24(29)28-13-6-7-17(15-28)25(30)31)27-26(32)34-16-22-20-10-4-2-8-18(20)19-9-3-5-11-21(19)22/h2-5,8-11,17,22-23H,6-7,12-16H2,1H3,(H,27,32)(H,30,31)/t17-,23?/m1/s1. The summed E-state index contributed by atoms with van der Waals surface area (Å²) in [7, 11) is 1.52. The first kappa shape index (κ1) is 23.8. The number of likely N-dealkylation sites (tertiary alicyclic amines) is 1. The van der Waals surface area contributed by atoms with Gasteiger partial charge < -0.3 is 24.8 Å². The van der Waals surface area contributed by atoms with Crippen LogP contribution in [-0.4, -0.2) is 67.4 Å². The highest BCUT2D eigenvalue weighted by molar-refractivity contribution is 5.86. The molecule has 0 radical (unpaired) electrons. The maximum absolute atomic E-state index is 13.1. The Kier molecular flexibility index (Phi) is 7.47. The van der Waals surface area contributed by atoms with E-state index in [1.54, 1.807) is 0 Å². The van der Waals surface area contributed by atoms with Gasteiger partial charge in [0.15, 0.2) is 0 Å². The van der Waals surface area contributed by atoms with Gasteiger partial charge >= 0.3 is 12.1 Å². The van der Waals surface area contributed by atoms with Crippen molar-refractivity contribution >= 4 is 18.0 Å². The zero-order valence-electron chi connectivity index (χ0n) is 19.2. The van der Waals surface area contributed by atoms with E-state index in [1.165, 1.54) is 12.0 Å². The highest BCUT2D eigenvalue weighted by Crippen LogP contribution is 2.44. The Morgan fingerprint density at radius 3 is 2.35 bits per heavy atom. The van der Waals surface area contributed by atoms with Gasteiger partial charge in [0.05, 0.1) is 5.92 Å². The summed E-state index contributed by atoms with van der Waals surface area (Å²) >= 11 is 0. The van der Waals surface area contributed by atoms with E-state index < -0.39 is 24.0 Å². The van der Waals surface area contributed by atoms with Crippen LogP contribution >= 0.6 is 0 Å². The Morgan fingerprint density at radius 2 is 1.74 bits per heavy atom. The molecule has 2 aliphatic rings. The molecule has 180 valence electrons. The number of benzene rings is 2. The van der Waals surface area contributed by atoms with Crippen molar-refractivity contribution in [2.75, 3.05) is 33.4 Å². The van der Waals surface area contributed by atoms with Crippen LogP contribution in [-0.2, 0) is 19.1 Å². The molecular weight excluding hydrogens is 436 g/mol. The molecule has 34 heavy (non-hydrogen) atoms. The lowest BCUT2D eigenvalue weighted by Gasteiger charge is -2.33. The Balaban J connectivity index is 1.41. The van der Waals surface area contributed by atoms with Crippen LogP contribution in [0.4, 0.5) is 4.79 Å². The minimum atomic E-state index is -0.907. The van der Waals surface area contributed by atoms with Crippen molar-refractivity contribution in [2.45, 2.75) is 31.2 Å². The van der Waals surface area contributed by atoms with Gasteiger partial charge in [-0.2, -0.15) is 0 Å². The van der Waals surface area contributed by atoms with Crippen molar-refractivity contribution in [1.29, 1.82) is 0 Å². The number of carboxylic acids is 1. The first-order valence-electron chi connectivity index (χ1n) is 11.6. The number of fused-ring (bicyclic) bond motifs is 3. The molecule has 0 aromatic heterocycles. The van der Waals surface area contributed by atoms with E-state index in [4.69, 9.17) is 9.47 Å². The van der Waals surface area contributed by atoms with Crippen LogP contribution in [0.3, 0.4) is 0 Å². The Morgan fingerprint density at radius 1 is 1.09 bits per heavy atom. The van der Waals surface area contributed by atoms with Crippen molar-refractivity contribution in [2.24, 2.45) is 5.92 Å². The van der Waals surface area contributed by atoms with E-state index in [9.17, 15) is 19.5 Å². The molecule has 2 amide bonds. The number of hydrogen-bond donors (Lipinski definition) is 2. The largest absolute Gasteiger partial charge is 0.481 e. The normalized spacial score (nSPS) is 18.0. The number of carbonyl (C=O) groups excluding carboxylic acids is 2. The van der Waals surface area contributed by atoms with Gasteiger partial charge in [0, 0.05) is 39.1 Å². The van der Waals surface area contributed by atoms with Crippen molar-refractivity contribution in [1.82, 2.24) is 10.2 Å². The molecule has 0 spiro atoms. The number of nitrogens with zero attached hydrogens (tertiary/aromatic N) is 1. The molecule has 1 aliphatic carbocycles. The molecule has 1 saturated heterocycles. The topological polar surface area (TPSA) is 105 Å². The summed E-state index contributed by atoms with van der Waals surface area (Å²) in [4.78, 5) is 38.7. The van der Waals surface area contributed by atoms with Crippen LogP contribution in [0, 0.1) is 5.92 Å². The fourth-order valence-corrected chi connectivity index (χ4v) is 4.87. The molecule has 2 aromatic rings. The zero-order valence-corrected chi connectivity index (χ0v) is 19.2. The fraction of sp³-hybridized carbons (Fsp3) is 0.423. The summed E-state index contributed by atoms with van der Waals surface area (Å²) in [5.41, 5.74) is 4.49. The third kappa shape index (κ3) is 5.07. The highest BCUT2D eigenvalue weighted by atomic mass is 16.5. The number of ether oxygens (including phenoxy) is 2. The first-order valence-corrected chi connectivity index (χ1v) is 11.6. The van der Waals surface area contributed by atoms with E-state index >= 15 is 0 Å². The van der Waals surface area contributed by atoms with Crippen LogP contribution < -0.4 is 5.32 Å². The molecule has 0 saturated carbocycles. The summed E-state index contributed by atoms with van der Waals surface area (Å²) in [6, 6.07) is 15.3. The van der Waals surface area contributed by atoms with Crippen LogP contribution in [0.1, 0.15) is 36.3 Å². The van der Waals surface area contributed by atoms with Crippen molar-refractivity contribution in [3.8, 4) is 11.1 Å². The quantitative estimate of drug-likeness (QED) is 0.619. The van der Waals surface area contributed by atoms with Gasteiger partial charge in [-0.3, -0.25) is 9.59 Å². The van der Waals surface area contributed by atoms with Crippen LogP contribution in [0.15, 0.2) is 48.5 Å². The number of carboxylic acid groups (broad SMARTS) is 1. The average molecular weight is 467 g/mol. The summed E-state index contributed by atoms with van der Waals surface area (Å²) in [6.07, 6.45) is 0.753. The fourth-order valence-electron chi connectivity index (χ4n) is 4.87. The summed E-state index contributed by atoms with van der Waals surface area (Å²) < 4.78 is 10.7. The number of alkyl carbamates (subject to hydrolysis) is 1. The van der Waals surface area contributed by atoms with Crippen LogP contribution in [0.5, 0.6) is 0 Å². The SMILES string of the molecule is COCCC(NC(=O)OCC1c2ccccc2-c2ccccc21)C(=O)N1CCC[C@@H](C(=O)O)C1. The van der Waals surface area contributed by atoms with E-state index in [1.807, 2.05) is 36.4 Å². The van der Waals surface area contributed by atoms with E-state index in [0.29, 0.717) is 19.4 Å². The number of amides is 2. The van der Waals surface area contributed by atoms with Crippen molar-refractivity contribution in [3.63, 3.8) is 0 Å². The summed E-state index contributed by atoms with van der Waals surface area (Å²) in [5, 5.41) is 12.0. The van der Waals surface area contributed by atoms with Gasteiger partial charge in [-0.15, -0.1) is 0 Å². The molecule has 2 atom stereocenters. The molecule has 2 N–H and O–H groups in total. The number of carbonyl (C=O) groups is 3. The van der Waals surface area contributed by atoms with Gasteiger partial charge in [-0.1, -0.05) is 48.5 Å². The van der Waals surface area contributed by atoms with Gasteiger partial charge in [0.2, 0.25) is 5.91 Å². The first-order chi connectivity index (χ1) is 16.5. The smallest absolute Gasteiger partial charge is 0.407 e. The number of methoxy groups -OCH3 is 1. The maximum atomic E-state index is 13.1. The zero-order chi connectivity index (χ0) is 24.1. The summed E-state index contributed by atoms with van der Waals surface area (Å²) in [5.74, 6) is -1.88. The number of aliphatic carboxylic acids is 1. The minimum absolute atomic E-state index is 0.0790. The molecule has 4 rings (SSSR count). The van der Waals surface area contributed by atoms with Gasteiger partial charge in [0.25, 0.3) is 0 Å². The Hall–Kier alpha value is -3.39. The monoisotopic (exact) mass is 466 g/mol. The predicted octanol–water partition coefficient (Wildman–Crippen LogP) is 3.25. The number of rotatable bonds is 8. The predicted molar refractivity (Wildman–Crippen MR) is 125 cm³/mol. The second kappa shape index (κ2) is 10.7. The molecule has 1 aliphatic heterocycles. The minimum Gasteiger partial charge on any atom is -0.481 e. The van der Waals surface area contributed by atoms with Gasteiger partial charge in [-0.25, -0.2) is 4.79 Å². The molecule has 8 heteroatoms. The van der Waals surface area contributed by atoms with E-state index in [-0.39, 0.29) is 38.0 Å². The van der Waals surface area contributed by atoms with E-state index in [2.05, 4.69) is 17.4 Å². The summed E-state index contributed by atoms with van der Waals surface area (Å²) in [6.45, 7) is 1.04. The Bertz CT molecular complexity index is 1010. The molecule has 0 bridgehead atoms. The van der Waals surface area contributed by atoms with Crippen LogP contribution in [0.2, 0.25) is 0 Å². The molecule has 1 fully saturated rings. The number of hydrogen-bond acceptors (Lipinski definition) is 5. The van der Waals surface area contributed by atoms with E-state index in [0.717, 1.165) is 22.3 Å². The number of nitrogens with one attached hydrogen (secondary N) is 1. The van der Waals surface area contributed by atoms with Gasteiger partial charge in [0.1, 0.15) is 12.6 Å². The Labute approximate surface area is 198 Å². The lowest BCUT2D eigenvalue weighted by Crippen LogP contribution is -2.52. The third-order valence-electron chi connectivity index (χ3n) is 6.63. The molecule has 1 heterocycles. The van der Waals surface area contributed by atoms with Gasteiger partial charge in [-0.05, 0) is 35.1 Å². The number of piperidine rings is 1. The third-order valence-corrected chi connectivity index (χ3v) is 6.63. The lowest BCUT2D eigenvalue weighted by atomic mass is 9.97.